The number of aromatic nitrogens is 2. The van der Waals surface area contributed by atoms with E-state index < -0.39 is 5.82 Å². The van der Waals surface area contributed by atoms with Gasteiger partial charge in [0.15, 0.2) is 5.16 Å². The van der Waals surface area contributed by atoms with Crippen LogP contribution in [0, 0.1) is 5.82 Å². The molecule has 0 saturated heterocycles. The summed E-state index contributed by atoms with van der Waals surface area (Å²) < 4.78 is 20.5. The Labute approximate surface area is 229 Å². The van der Waals surface area contributed by atoms with E-state index in [1.165, 1.54) is 28.5 Å². The van der Waals surface area contributed by atoms with E-state index in [0.29, 0.717) is 39.6 Å². The van der Waals surface area contributed by atoms with Gasteiger partial charge in [-0.25, -0.2) is 9.37 Å². The number of fused-ring (bicyclic) bond motifs is 1. The summed E-state index contributed by atoms with van der Waals surface area (Å²) in [5, 5.41) is 0.802. The summed E-state index contributed by atoms with van der Waals surface area (Å²) in [6.45, 7) is 0.457. The van der Waals surface area contributed by atoms with E-state index in [1.807, 2.05) is 54.6 Å². The van der Waals surface area contributed by atoms with Crippen LogP contribution >= 0.6 is 11.8 Å². The molecule has 0 unspecified atom stereocenters. The van der Waals surface area contributed by atoms with Crippen molar-refractivity contribution in [2.45, 2.75) is 17.5 Å². The van der Waals surface area contributed by atoms with Gasteiger partial charge in [0.05, 0.1) is 23.7 Å². The van der Waals surface area contributed by atoms with Gasteiger partial charge in [-0.2, -0.15) is 0 Å². The number of amides is 1. The summed E-state index contributed by atoms with van der Waals surface area (Å²) in [5.41, 5.74) is 3.08. The van der Waals surface area contributed by atoms with Gasteiger partial charge < -0.3 is 9.64 Å². The topological polar surface area (TPSA) is 64.4 Å². The summed E-state index contributed by atoms with van der Waals surface area (Å²) >= 11 is 1.38. The Kier molecular flexibility index (Phi) is 7.74. The average Bonchev–Trinajstić information content (AvgIpc) is 2.96. The Morgan fingerprint density at radius 2 is 1.69 bits per heavy atom. The van der Waals surface area contributed by atoms with Crippen LogP contribution in [0.1, 0.15) is 21.5 Å². The first-order valence-corrected chi connectivity index (χ1v) is 13.3. The first-order valence-electron chi connectivity index (χ1n) is 12.3. The van der Waals surface area contributed by atoms with Gasteiger partial charge in [-0.05, 0) is 65.7 Å². The van der Waals surface area contributed by atoms with E-state index in [9.17, 15) is 14.0 Å². The van der Waals surface area contributed by atoms with Gasteiger partial charge in [0.2, 0.25) is 0 Å². The van der Waals surface area contributed by atoms with E-state index in [0.717, 1.165) is 16.9 Å². The monoisotopic (exact) mass is 539 g/mol. The van der Waals surface area contributed by atoms with Crippen LogP contribution in [-0.2, 0) is 12.3 Å². The highest BCUT2D eigenvalue weighted by atomic mass is 32.2. The Balaban J connectivity index is 1.53. The number of hydrogen-bond donors (Lipinski definition) is 0. The number of rotatable bonds is 8. The molecule has 1 aromatic heterocycles. The third-order valence-electron chi connectivity index (χ3n) is 6.28. The van der Waals surface area contributed by atoms with Crippen LogP contribution < -0.4 is 10.3 Å². The molecule has 6 nitrogen and oxygen atoms in total. The van der Waals surface area contributed by atoms with Gasteiger partial charge in [0, 0.05) is 24.9 Å². The second kappa shape index (κ2) is 11.5. The molecule has 0 aliphatic carbocycles. The molecule has 0 atom stereocenters. The Bertz CT molecular complexity index is 1690. The second-order valence-corrected chi connectivity index (χ2v) is 9.97. The summed E-state index contributed by atoms with van der Waals surface area (Å²) in [5.74, 6) is 0.692. The molecule has 8 heteroatoms. The number of halogens is 1. The minimum absolute atomic E-state index is 0.171. The fourth-order valence-electron chi connectivity index (χ4n) is 4.27. The van der Waals surface area contributed by atoms with Crippen LogP contribution in [0.3, 0.4) is 0 Å². The van der Waals surface area contributed by atoms with E-state index in [4.69, 9.17) is 9.72 Å². The number of methoxy groups -OCH3 is 1. The predicted molar refractivity (Wildman–Crippen MR) is 152 cm³/mol. The number of nitrogens with zero attached hydrogens (tertiary/aromatic N) is 3. The summed E-state index contributed by atoms with van der Waals surface area (Å²) in [6, 6.07) is 28.1. The summed E-state index contributed by atoms with van der Waals surface area (Å²) in [7, 11) is 3.36. The highest BCUT2D eigenvalue weighted by molar-refractivity contribution is 7.98. The zero-order valence-corrected chi connectivity index (χ0v) is 22.3. The van der Waals surface area contributed by atoms with Crippen LogP contribution in [0.25, 0.3) is 16.6 Å². The third-order valence-corrected chi connectivity index (χ3v) is 7.29. The van der Waals surface area contributed by atoms with Crippen LogP contribution in [0.15, 0.2) is 107 Å². The van der Waals surface area contributed by atoms with Crippen LogP contribution in [0.2, 0.25) is 0 Å². The van der Waals surface area contributed by atoms with Gasteiger partial charge in [-0.15, -0.1) is 0 Å². The van der Waals surface area contributed by atoms with Crippen molar-refractivity contribution in [1.82, 2.24) is 14.5 Å². The molecule has 1 amide bonds. The number of carbonyl (C=O) groups is 1. The number of carbonyl (C=O) groups excluding carboxylic acids is 1. The SMILES string of the molecule is COc1cccc(CSc2nc3cc(C(=O)N(C)Cc4ccccc4)ccc3c(=O)n2-c2ccc(F)cc2)c1. The number of thioether (sulfide) groups is 1. The van der Waals surface area contributed by atoms with Crippen molar-refractivity contribution in [3.8, 4) is 11.4 Å². The minimum Gasteiger partial charge on any atom is -0.497 e. The summed E-state index contributed by atoms with van der Waals surface area (Å²) in [4.78, 5) is 33.4. The lowest BCUT2D eigenvalue weighted by atomic mass is 10.1. The van der Waals surface area contributed by atoms with Crippen molar-refractivity contribution in [1.29, 1.82) is 0 Å². The van der Waals surface area contributed by atoms with E-state index in [1.54, 1.807) is 49.4 Å². The molecule has 5 aromatic rings. The standard InChI is InChI=1S/C31H26FN3O3S/c1-34(19-21-7-4-3-5-8-21)29(36)23-11-16-27-28(18-23)33-31(39-20-22-9-6-10-26(17-22)38-2)35(30(27)37)25-14-12-24(32)13-15-25/h3-18H,19-20H2,1-2H3. The summed E-state index contributed by atoms with van der Waals surface area (Å²) in [6.07, 6.45) is 0. The lowest BCUT2D eigenvalue weighted by molar-refractivity contribution is 0.0785. The van der Waals surface area contributed by atoms with Crippen LogP contribution in [-0.4, -0.2) is 34.5 Å². The zero-order valence-electron chi connectivity index (χ0n) is 21.5. The predicted octanol–water partition coefficient (Wildman–Crippen LogP) is 6.10. The molecule has 1 heterocycles. The van der Waals surface area contributed by atoms with Gasteiger partial charge in [-0.1, -0.05) is 54.2 Å². The molecule has 0 saturated carbocycles. The maximum absolute atomic E-state index is 13.7. The van der Waals surface area contributed by atoms with Crippen molar-refractivity contribution in [3.05, 3.63) is 130 Å². The highest BCUT2D eigenvalue weighted by Gasteiger charge is 2.18. The lowest BCUT2D eigenvalue weighted by Crippen LogP contribution is -2.26. The maximum Gasteiger partial charge on any atom is 0.266 e. The molecule has 0 N–H and O–H groups in total. The number of benzene rings is 4. The lowest BCUT2D eigenvalue weighted by Gasteiger charge is -2.18. The molecule has 0 bridgehead atoms. The Hall–Kier alpha value is -4.43. The average molecular weight is 540 g/mol. The first-order chi connectivity index (χ1) is 18.9. The van der Waals surface area contributed by atoms with Crippen LogP contribution in [0.4, 0.5) is 4.39 Å². The first kappa shape index (κ1) is 26.2. The largest absolute Gasteiger partial charge is 0.497 e. The normalized spacial score (nSPS) is 10.9. The van der Waals surface area contributed by atoms with E-state index >= 15 is 0 Å². The fraction of sp³-hybridized carbons (Fsp3) is 0.129. The van der Waals surface area contributed by atoms with E-state index in [2.05, 4.69) is 0 Å². The molecule has 0 aliphatic heterocycles. The number of hydrogen-bond acceptors (Lipinski definition) is 5. The van der Waals surface area contributed by atoms with Gasteiger partial charge in [0.25, 0.3) is 11.5 Å². The van der Waals surface area contributed by atoms with Gasteiger partial charge >= 0.3 is 0 Å². The molecule has 0 radical (unpaired) electrons. The van der Waals surface area contributed by atoms with Crippen molar-refractivity contribution < 1.29 is 13.9 Å². The highest BCUT2D eigenvalue weighted by Crippen LogP contribution is 2.27. The Morgan fingerprint density at radius 1 is 0.949 bits per heavy atom. The molecule has 39 heavy (non-hydrogen) atoms. The Morgan fingerprint density at radius 3 is 2.44 bits per heavy atom. The quantitative estimate of drug-likeness (QED) is 0.176. The van der Waals surface area contributed by atoms with E-state index in [-0.39, 0.29) is 11.5 Å². The van der Waals surface area contributed by atoms with Gasteiger partial charge in [-0.3, -0.25) is 14.2 Å². The molecule has 0 spiro atoms. The maximum atomic E-state index is 13.7. The molecule has 5 rings (SSSR count). The second-order valence-electron chi connectivity index (χ2n) is 9.03. The van der Waals surface area contributed by atoms with Gasteiger partial charge in [0.1, 0.15) is 11.6 Å². The molecule has 4 aromatic carbocycles. The minimum atomic E-state index is -0.395. The molecule has 0 aliphatic rings. The molecule has 0 fully saturated rings. The smallest absolute Gasteiger partial charge is 0.266 e. The molecular weight excluding hydrogens is 513 g/mol. The number of ether oxygens (including phenoxy) is 1. The van der Waals surface area contributed by atoms with Crippen molar-refractivity contribution in [2.75, 3.05) is 14.2 Å². The van der Waals surface area contributed by atoms with Crippen molar-refractivity contribution in [3.63, 3.8) is 0 Å². The fourth-order valence-corrected chi connectivity index (χ4v) is 5.23. The third kappa shape index (κ3) is 5.86. The van der Waals surface area contributed by atoms with Crippen molar-refractivity contribution in [2.24, 2.45) is 0 Å². The zero-order chi connectivity index (χ0) is 27.4. The van der Waals surface area contributed by atoms with Crippen molar-refractivity contribution >= 4 is 28.6 Å². The van der Waals surface area contributed by atoms with Crippen LogP contribution in [0.5, 0.6) is 5.75 Å². The molecule has 196 valence electrons. The molecular formula is C31H26FN3O3S.